The first-order valence-electron chi connectivity index (χ1n) is 9.18. The number of ether oxygens (including phenoxy) is 3. The normalized spacial score (nSPS) is 10.4. The van der Waals surface area contributed by atoms with Crippen LogP contribution < -0.4 is 10.1 Å². The number of para-hydroxylation sites is 1. The molecule has 0 bridgehead atoms. The maximum atomic E-state index is 12.0. The van der Waals surface area contributed by atoms with E-state index in [0.29, 0.717) is 11.7 Å². The van der Waals surface area contributed by atoms with Crippen molar-refractivity contribution < 1.29 is 28.6 Å². The van der Waals surface area contributed by atoms with E-state index in [1.807, 2.05) is 25.1 Å². The molecule has 0 aromatic heterocycles. The zero-order valence-corrected chi connectivity index (χ0v) is 17.0. The number of methoxy groups -OCH3 is 1. The lowest BCUT2D eigenvalue weighted by atomic mass is 10.0. The smallest absolute Gasteiger partial charge is 0.344 e. The number of carbonyl (C=O) groups is 3. The van der Waals surface area contributed by atoms with Crippen LogP contribution in [0.15, 0.2) is 42.5 Å². The quantitative estimate of drug-likeness (QED) is 0.684. The molecule has 0 radical (unpaired) electrons. The minimum Gasteiger partial charge on any atom is -0.482 e. The van der Waals surface area contributed by atoms with Crippen molar-refractivity contribution in [2.24, 2.45) is 0 Å². The van der Waals surface area contributed by atoms with Gasteiger partial charge in [-0.2, -0.15) is 0 Å². The van der Waals surface area contributed by atoms with Crippen molar-refractivity contribution in [2.45, 2.75) is 26.7 Å². The summed E-state index contributed by atoms with van der Waals surface area (Å²) >= 11 is 0. The summed E-state index contributed by atoms with van der Waals surface area (Å²) in [7, 11) is 1.25. The molecule has 0 spiro atoms. The average Bonchev–Trinajstić information content (AvgIpc) is 2.71. The lowest BCUT2D eigenvalue weighted by Gasteiger charge is -2.13. The van der Waals surface area contributed by atoms with Crippen LogP contribution in [0.3, 0.4) is 0 Å². The first kappa shape index (κ1) is 21.9. The Morgan fingerprint density at radius 3 is 2.45 bits per heavy atom. The van der Waals surface area contributed by atoms with Crippen molar-refractivity contribution in [3.63, 3.8) is 0 Å². The van der Waals surface area contributed by atoms with E-state index < -0.39 is 24.5 Å². The highest BCUT2D eigenvalue weighted by Gasteiger charge is 2.15. The second-order valence-electron chi connectivity index (χ2n) is 6.71. The number of esters is 2. The zero-order valence-electron chi connectivity index (χ0n) is 17.0. The van der Waals surface area contributed by atoms with Crippen LogP contribution in [0.4, 0.5) is 5.69 Å². The Morgan fingerprint density at radius 1 is 1.03 bits per heavy atom. The van der Waals surface area contributed by atoms with Crippen molar-refractivity contribution in [1.82, 2.24) is 0 Å². The molecule has 0 aliphatic rings. The third-order valence-electron chi connectivity index (χ3n) is 4.20. The molecule has 154 valence electrons. The van der Waals surface area contributed by atoms with Crippen LogP contribution >= 0.6 is 0 Å². The number of benzene rings is 2. The zero-order chi connectivity index (χ0) is 21.4. The fourth-order valence-electron chi connectivity index (χ4n) is 2.52. The molecule has 1 N–H and O–H groups in total. The molecule has 0 fully saturated rings. The highest BCUT2D eigenvalue weighted by Crippen LogP contribution is 2.24. The van der Waals surface area contributed by atoms with Crippen LogP contribution in [0.2, 0.25) is 0 Å². The van der Waals surface area contributed by atoms with Gasteiger partial charge in [0.1, 0.15) is 5.75 Å². The number of hydrogen-bond acceptors (Lipinski definition) is 6. The van der Waals surface area contributed by atoms with Gasteiger partial charge in [0.15, 0.2) is 13.2 Å². The largest absolute Gasteiger partial charge is 0.482 e. The molecular formula is C22H25NO6. The van der Waals surface area contributed by atoms with Gasteiger partial charge < -0.3 is 19.5 Å². The third kappa shape index (κ3) is 6.34. The highest BCUT2D eigenvalue weighted by atomic mass is 16.6. The summed E-state index contributed by atoms with van der Waals surface area (Å²) in [6.07, 6.45) is 0. The van der Waals surface area contributed by atoms with E-state index in [2.05, 4.69) is 23.9 Å². The van der Waals surface area contributed by atoms with Crippen molar-refractivity contribution in [3.05, 3.63) is 59.2 Å². The maximum Gasteiger partial charge on any atom is 0.344 e. The van der Waals surface area contributed by atoms with E-state index in [-0.39, 0.29) is 17.9 Å². The van der Waals surface area contributed by atoms with Crippen LogP contribution in [-0.4, -0.2) is 38.2 Å². The summed E-state index contributed by atoms with van der Waals surface area (Å²) in [6.45, 7) is 5.22. The molecule has 2 aromatic carbocycles. The topological polar surface area (TPSA) is 90.9 Å². The summed E-state index contributed by atoms with van der Waals surface area (Å²) in [5, 5.41) is 2.53. The molecule has 0 aliphatic heterocycles. The van der Waals surface area contributed by atoms with E-state index >= 15 is 0 Å². The molecule has 2 rings (SSSR count). The van der Waals surface area contributed by atoms with E-state index in [0.717, 1.165) is 11.1 Å². The van der Waals surface area contributed by atoms with E-state index in [1.165, 1.54) is 13.2 Å². The Morgan fingerprint density at radius 2 is 1.76 bits per heavy atom. The van der Waals surface area contributed by atoms with Gasteiger partial charge in [-0.05, 0) is 42.2 Å². The van der Waals surface area contributed by atoms with Gasteiger partial charge >= 0.3 is 11.9 Å². The summed E-state index contributed by atoms with van der Waals surface area (Å²) < 4.78 is 15.2. The van der Waals surface area contributed by atoms with Gasteiger partial charge in [-0.3, -0.25) is 4.79 Å². The molecule has 0 heterocycles. The molecule has 0 saturated heterocycles. The van der Waals surface area contributed by atoms with Crippen molar-refractivity contribution in [3.8, 4) is 5.75 Å². The number of aryl methyl sites for hydroxylation is 1. The van der Waals surface area contributed by atoms with E-state index in [9.17, 15) is 14.4 Å². The highest BCUT2D eigenvalue weighted by molar-refractivity contribution is 6.01. The molecule has 29 heavy (non-hydrogen) atoms. The molecule has 7 nitrogen and oxygen atoms in total. The average molecular weight is 399 g/mol. The number of rotatable bonds is 8. The lowest BCUT2D eigenvalue weighted by Crippen LogP contribution is -2.24. The number of carbonyl (C=O) groups excluding carboxylic acids is 3. The predicted octanol–water partition coefficient (Wildman–Crippen LogP) is 3.47. The molecule has 7 heteroatoms. The number of hydrogen-bond donors (Lipinski definition) is 1. The van der Waals surface area contributed by atoms with Gasteiger partial charge in [0, 0.05) is 0 Å². The molecule has 0 unspecified atom stereocenters. The monoisotopic (exact) mass is 399 g/mol. The van der Waals surface area contributed by atoms with Gasteiger partial charge in [-0.1, -0.05) is 38.1 Å². The van der Waals surface area contributed by atoms with Gasteiger partial charge in [-0.15, -0.1) is 0 Å². The Hall–Kier alpha value is -3.35. The molecule has 1 amide bonds. The predicted molar refractivity (Wildman–Crippen MR) is 108 cm³/mol. The number of amides is 1. The van der Waals surface area contributed by atoms with Gasteiger partial charge in [0.05, 0.1) is 18.4 Å². The maximum absolute atomic E-state index is 12.0. The van der Waals surface area contributed by atoms with Crippen molar-refractivity contribution in [1.29, 1.82) is 0 Å². The minimum atomic E-state index is -0.671. The van der Waals surface area contributed by atoms with Crippen LogP contribution in [0.25, 0.3) is 0 Å². The van der Waals surface area contributed by atoms with Crippen molar-refractivity contribution >= 4 is 23.5 Å². The van der Waals surface area contributed by atoms with Crippen LogP contribution in [0.1, 0.15) is 41.3 Å². The number of nitrogens with one attached hydrogen (secondary N) is 1. The van der Waals surface area contributed by atoms with Gasteiger partial charge in [0.2, 0.25) is 0 Å². The minimum absolute atomic E-state index is 0.207. The Bertz CT molecular complexity index is 891. The van der Waals surface area contributed by atoms with E-state index in [4.69, 9.17) is 9.47 Å². The number of anilines is 1. The third-order valence-corrected chi connectivity index (χ3v) is 4.20. The first-order valence-corrected chi connectivity index (χ1v) is 9.18. The van der Waals surface area contributed by atoms with E-state index in [1.54, 1.807) is 18.2 Å². The molecule has 0 aliphatic carbocycles. The summed E-state index contributed by atoms with van der Waals surface area (Å²) in [4.78, 5) is 35.7. The summed E-state index contributed by atoms with van der Waals surface area (Å²) in [5.74, 6) is -0.889. The second-order valence-corrected chi connectivity index (χ2v) is 6.71. The van der Waals surface area contributed by atoms with Gasteiger partial charge in [0.25, 0.3) is 5.91 Å². The molecule has 0 atom stereocenters. The lowest BCUT2D eigenvalue weighted by molar-refractivity contribution is -0.149. The fraction of sp³-hybridized carbons (Fsp3) is 0.318. The van der Waals surface area contributed by atoms with Crippen molar-refractivity contribution in [2.75, 3.05) is 25.6 Å². The molecule has 2 aromatic rings. The second kappa shape index (κ2) is 10.3. The molecule has 0 saturated carbocycles. The molecular weight excluding hydrogens is 374 g/mol. The fourth-order valence-corrected chi connectivity index (χ4v) is 2.52. The van der Waals surface area contributed by atoms with Crippen LogP contribution in [-0.2, 0) is 19.1 Å². The van der Waals surface area contributed by atoms with Gasteiger partial charge in [-0.25, -0.2) is 9.59 Å². The summed E-state index contributed by atoms with van der Waals surface area (Å²) in [6, 6.07) is 12.2. The standard InChI is InChI=1S/C22H25NO6/c1-14(2)16-10-9-15(3)19(11-16)28-13-21(25)29-12-20(24)23-18-8-6-5-7-17(18)22(26)27-4/h5-11,14H,12-13H2,1-4H3,(H,23,24). The Kier molecular flexibility index (Phi) is 7.77. The summed E-state index contributed by atoms with van der Waals surface area (Å²) in [5.41, 5.74) is 2.48. The Balaban J connectivity index is 1.86. The SMILES string of the molecule is COC(=O)c1ccccc1NC(=O)COC(=O)COc1cc(C(C)C)ccc1C. The van der Waals surface area contributed by atoms with Crippen LogP contribution in [0.5, 0.6) is 5.75 Å². The first-order chi connectivity index (χ1) is 13.8. The van der Waals surface area contributed by atoms with Crippen LogP contribution in [0, 0.1) is 6.92 Å². The Labute approximate surface area is 170 Å².